The van der Waals surface area contributed by atoms with Crippen molar-refractivity contribution in [3.63, 3.8) is 0 Å². The van der Waals surface area contributed by atoms with Crippen molar-refractivity contribution in [3.8, 4) is 5.75 Å². The molecule has 0 heterocycles. The van der Waals surface area contributed by atoms with Crippen LogP contribution in [0.2, 0.25) is 0 Å². The van der Waals surface area contributed by atoms with E-state index >= 15 is 0 Å². The topological polar surface area (TPSA) is 66.0 Å². The van der Waals surface area contributed by atoms with Gasteiger partial charge in [-0.3, -0.25) is 9.79 Å². The van der Waals surface area contributed by atoms with E-state index in [1.165, 1.54) is 31.4 Å². The predicted octanol–water partition coefficient (Wildman–Crippen LogP) is 3.36. The fourth-order valence-electron chi connectivity index (χ4n) is 3.19. The molecule has 0 atom stereocenters. The van der Waals surface area contributed by atoms with Gasteiger partial charge in [0.2, 0.25) is 5.91 Å². The van der Waals surface area contributed by atoms with Crippen molar-refractivity contribution in [1.82, 2.24) is 15.5 Å². The van der Waals surface area contributed by atoms with Crippen LogP contribution in [-0.4, -0.2) is 50.1 Å². The number of hydrogen-bond acceptors (Lipinski definition) is 3. The second kappa shape index (κ2) is 12.7. The number of halogens is 3. The van der Waals surface area contributed by atoms with Crippen molar-refractivity contribution in [2.45, 2.75) is 51.3 Å². The van der Waals surface area contributed by atoms with E-state index in [4.69, 9.17) is 0 Å². The highest BCUT2D eigenvalue weighted by Gasteiger charge is 2.16. The first kappa shape index (κ1) is 24.4. The van der Waals surface area contributed by atoms with Gasteiger partial charge in [0.25, 0.3) is 0 Å². The summed E-state index contributed by atoms with van der Waals surface area (Å²) in [4.78, 5) is 18.2. The summed E-state index contributed by atoms with van der Waals surface area (Å²) in [7, 11) is 3.50. The van der Waals surface area contributed by atoms with Crippen LogP contribution in [0.25, 0.3) is 0 Å². The Labute approximate surface area is 182 Å². The minimum Gasteiger partial charge on any atom is -0.435 e. The van der Waals surface area contributed by atoms with Gasteiger partial charge in [-0.1, -0.05) is 31.4 Å². The van der Waals surface area contributed by atoms with Crippen LogP contribution in [0.3, 0.4) is 0 Å². The fraction of sp³-hybridized carbons (Fsp3) is 0.579. The number of hydrogen-bond donors (Lipinski definition) is 2. The zero-order valence-corrected chi connectivity index (χ0v) is 18.6. The molecule has 28 heavy (non-hydrogen) atoms. The minimum atomic E-state index is -2.83. The summed E-state index contributed by atoms with van der Waals surface area (Å²) in [5.74, 6) is 0.671. The maximum Gasteiger partial charge on any atom is 0.387 e. The van der Waals surface area contributed by atoms with E-state index in [2.05, 4.69) is 20.4 Å². The Morgan fingerprint density at radius 3 is 2.46 bits per heavy atom. The molecule has 2 N–H and O–H groups in total. The van der Waals surface area contributed by atoms with Crippen molar-refractivity contribution in [3.05, 3.63) is 29.8 Å². The lowest BCUT2D eigenvalue weighted by atomic mass is 9.95. The van der Waals surface area contributed by atoms with Crippen LogP contribution in [0.4, 0.5) is 8.78 Å². The predicted molar refractivity (Wildman–Crippen MR) is 116 cm³/mol. The summed E-state index contributed by atoms with van der Waals surface area (Å²) in [5.41, 5.74) is 0.911. The molecular weight excluding hydrogens is 481 g/mol. The van der Waals surface area contributed by atoms with Gasteiger partial charge in [0.05, 0.1) is 6.54 Å². The van der Waals surface area contributed by atoms with Gasteiger partial charge >= 0.3 is 6.61 Å². The lowest BCUT2D eigenvalue weighted by Crippen LogP contribution is -2.46. The van der Waals surface area contributed by atoms with Gasteiger partial charge in [-0.2, -0.15) is 8.78 Å². The van der Waals surface area contributed by atoms with E-state index in [0.717, 1.165) is 18.4 Å². The third kappa shape index (κ3) is 8.57. The molecule has 0 unspecified atom stereocenters. The van der Waals surface area contributed by atoms with E-state index in [-0.39, 0.29) is 48.2 Å². The molecule has 0 aliphatic heterocycles. The van der Waals surface area contributed by atoms with E-state index in [9.17, 15) is 13.6 Å². The smallest absolute Gasteiger partial charge is 0.387 e. The summed E-state index contributed by atoms with van der Waals surface area (Å²) < 4.78 is 28.7. The van der Waals surface area contributed by atoms with Crippen LogP contribution in [0.5, 0.6) is 5.75 Å². The van der Waals surface area contributed by atoms with Crippen LogP contribution in [0.1, 0.15) is 37.7 Å². The summed E-state index contributed by atoms with van der Waals surface area (Å²) in [6, 6.07) is 6.72. The van der Waals surface area contributed by atoms with E-state index in [1.54, 1.807) is 19.2 Å². The monoisotopic (exact) mass is 510 g/mol. The zero-order valence-electron chi connectivity index (χ0n) is 16.3. The first-order chi connectivity index (χ1) is 13.0. The van der Waals surface area contributed by atoms with Crippen molar-refractivity contribution in [2.75, 3.05) is 20.6 Å². The van der Waals surface area contributed by atoms with Gasteiger partial charge < -0.3 is 20.3 Å². The number of carbonyl (C=O) groups excluding carboxylic acids is 1. The Bertz CT molecular complexity index is 623. The number of alkyl halides is 2. The molecule has 1 fully saturated rings. The first-order valence-electron chi connectivity index (χ1n) is 9.23. The fourth-order valence-corrected chi connectivity index (χ4v) is 3.19. The molecule has 6 nitrogen and oxygen atoms in total. The molecular formula is C19H29F2IN4O2. The molecule has 0 radical (unpaired) electrons. The Hall–Kier alpha value is -1.65. The number of aliphatic imine (C=N–C) groups is 1. The van der Waals surface area contributed by atoms with Crippen LogP contribution >= 0.6 is 24.0 Å². The molecule has 158 valence electrons. The van der Waals surface area contributed by atoms with Gasteiger partial charge in [-0.05, 0) is 30.5 Å². The molecule has 1 saturated carbocycles. The van der Waals surface area contributed by atoms with Crippen LogP contribution < -0.4 is 15.4 Å². The van der Waals surface area contributed by atoms with Crippen molar-refractivity contribution < 1.29 is 18.3 Å². The lowest BCUT2D eigenvalue weighted by molar-refractivity contribution is -0.120. The molecule has 1 aliphatic carbocycles. The second-order valence-corrected chi connectivity index (χ2v) is 6.68. The Kier molecular flexibility index (Phi) is 11.1. The Morgan fingerprint density at radius 1 is 1.25 bits per heavy atom. The minimum absolute atomic E-state index is 0. The summed E-state index contributed by atoms with van der Waals surface area (Å²) >= 11 is 0. The van der Waals surface area contributed by atoms with Gasteiger partial charge in [0, 0.05) is 26.7 Å². The normalized spacial score (nSPS) is 15.0. The molecule has 1 aromatic carbocycles. The van der Waals surface area contributed by atoms with Crippen molar-refractivity contribution >= 4 is 35.8 Å². The van der Waals surface area contributed by atoms with Crippen LogP contribution in [0.15, 0.2) is 29.3 Å². The van der Waals surface area contributed by atoms with Gasteiger partial charge in [-0.25, -0.2) is 0 Å². The highest BCUT2D eigenvalue weighted by atomic mass is 127. The number of nitrogens with one attached hydrogen (secondary N) is 2. The van der Waals surface area contributed by atoms with Crippen molar-refractivity contribution in [1.29, 1.82) is 0 Å². The molecule has 0 saturated heterocycles. The highest BCUT2D eigenvalue weighted by Crippen LogP contribution is 2.17. The summed E-state index contributed by atoms with van der Waals surface area (Å²) in [6.45, 7) is -2.16. The van der Waals surface area contributed by atoms with E-state index < -0.39 is 6.61 Å². The van der Waals surface area contributed by atoms with Gasteiger partial charge in [-0.15, -0.1) is 24.0 Å². The average molecular weight is 510 g/mol. The van der Waals surface area contributed by atoms with E-state index in [1.807, 2.05) is 11.9 Å². The third-order valence-electron chi connectivity index (χ3n) is 4.52. The molecule has 1 amide bonds. The van der Waals surface area contributed by atoms with Crippen LogP contribution in [-0.2, 0) is 11.3 Å². The number of ether oxygens (including phenoxy) is 1. The molecule has 0 spiro atoms. The first-order valence-corrected chi connectivity index (χ1v) is 9.23. The average Bonchev–Trinajstić information content (AvgIpc) is 2.64. The quantitative estimate of drug-likeness (QED) is 0.336. The van der Waals surface area contributed by atoms with Crippen molar-refractivity contribution in [2.24, 2.45) is 4.99 Å². The van der Waals surface area contributed by atoms with E-state index in [0.29, 0.717) is 12.5 Å². The Morgan fingerprint density at radius 2 is 1.89 bits per heavy atom. The number of nitrogens with zero attached hydrogens (tertiary/aromatic N) is 2. The SMILES string of the molecule is CN=C(NCC(=O)NC1CCCCC1)N(C)Cc1ccc(OC(F)F)cc1.I. The standard InChI is InChI=1S/C19H28F2N4O2.HI/c1-22-19(23-12-17(26)24-15-6-4-3-5-7-15)25(2)13-14-8-10-16(11-9-14)27-18(20)21;/h8-11,15,18H,3-7,12-13H2,1-2H3,(H,22,23)(H,24,26);1H. The second-order valence-electron chi connectivity index (χ2n) is 6.68. The maximum atomic E-state index is 12.2. The molecule has 1 aromatic rings. The number of guanidine groups is 1. The Balaban J connectivity index is 0.00000392. The molecule has 0 bridgehead atoms. The van der Waals surface area contributed by atoms with Gasteiger partial charge in [0.1, 0.15) is 5.75 Å². The molecule has 9 heteroatoms. The number of amides is 1. The maximum absolute atomic E-state index is 12.2. The largest absolute Gasteiger partial charge is 0.435 e. The molecule has 0 aromatic heterocycles. The molecule has 2 rings (SSSR count). The zero-order chi connectivity index (χ0) is 19.6. The highest BCUT2D eigenvalue weighted by molar-refractivity contribution is 14.0. The van der Waals surface area contributed by atoms with Gasteiger partial charge in [0.15, 0.2) is 5.96 Å². The van der Waals surface area contributed by atoms with Crippen LogP contribution in [0, 0.1) is 0 Å². The summed E-state index contributed by atoms with van der Waals surface area (Å²) in [5, 5.41) is 6.11. The number of rotatable bonds is 7. The molecule has 1 aliphatic rings. The lowest BCUT2D eigenvalue weighted by Gasteiger charge is -2.24. The number of carbonyl (C=O) groups is 1. The number of benzene rings is 1. The summed E-state index contributed by atoms with van der Waals surface area (Å²) in [6.07, 6.45) is 5.68. The third-order valence-corrected chi connectivity index (χ3v) is 4.52.